The first kappa shape index (κ1) is 20.9. The summed E-state index contributed by atoms with van der Waals surface area (Å²) in [4.78, 5) is 9.89. The molecule has 2 aromatic heterocycles. The number of para-hydroxylation sites is 2. The molecule has 0 bridgehead atoms. The maximum Gasteiger partial charge on any atom is 0.235 e. The molecule has 4 aliphatic rings. The fourth-order valence-corrected chi connectivity index (χ4v) is 9.20. The Morgan fingerprint density at radius 3 is 2.71 bits per heavy atom. The predicted octanol–water partition coefficient (Wildman–Crippen LogP) is 5.59. The van der Waals surface area contributed by atoms with Crippen molar-refractivity contribution >= 4 is 16.8 Å². The van der Waals surface area contributed by atoms with Crippen molar-refractivity contribution in [3.8, 4) is 11.8 Å². The molecule has 4 aliphatic carbocycles. The maximum absolute atomic E-state index is 11.5. The molecule has 4 nitrogen and oxygen atoms in total. The van der Waals surface area contributed by atoms with Crippen LogP contribution in [0.25, 0.3) is 16.8 Å². The quantitative estimate of drug-likeness (QED) is 0.451. The number of benzene rings is 1. The van der Waals surface area contributed by atoms with E-state index in [2.05, 4.69) is 60.6 Å². The van der Waals surface area contributed by atoms with E-state index in [1.807, 2.05) is 6.92 Å². The third kappa shape index (κ3) is 2.55. The van der Waals surface area contributed by atoms with E-state index in [0.29, 0.717) is 23.2 Å². The third-order valence-electron chi connectivity index (χ3n) is 11.0. The molecule has 0 saturated heterocycles. The maximum atomic E-state index is 11.5. The number of fused-ring (bicyclic) bond motifs is 9. The Hall–Kier alpha value is -2.38. The van der Waals surface area contributed by atoms with Gasteiger partial charge in [0.25, 0.3) is 0 Å². The van der Waals surface area contributed by atoms with Crippen LogP contribution in [0.3, 0.4) is 0 Å². The van der Waals surface area contributed by atoms with Crippen LogP contribution in [0.4, 0.5) is 0 Å². The summed E-state index contributed by atoms with van der Waals surface area (Å²) in [6, 6.07) is 8.37. The van der Waals surface area contributed by atoms with Crippen molar-refractivity contribution in [2.45, 2.75) is 77.7 Å². The lowest BCUT2D eigenvalue weighted by Crippen LogP contribution is -2.56. The molecule has 0 radical (unpaired) electrons. The van der Waals surface area contributed by atoms with Gasteiger partial charge in [0.05, 0.1) is 11.0 Å². The first-order valence-corrected chi connectivity index (χ1v) is 13.3. The zero-order valence-corrected chi connectivity index (χ0v) is 20.6. The van der Waals surface area contributed by atoms with Crippen LogP contribution in [-0.2, 0) is 12.8 Å². The molecule has 176 valence electrons. The van der Waals surface area contributed by atoms with Gasteiger partial charge >= 0.3 is 0 Å². The molecule has 3 aromatic rings. The Labute approximate surface area is 202 Å². The molecule has 3 saturated carbocycles. The van der Waals surface area contributed by atoms with E-state index in [0.717, 1.165) is 54.8 Å². The van der Waals surface area contributed by atoms with Gasteiger partial charge in [-0.1, -0.05) is 31.9 Å². The lowest BCUT2D eigenvalue weighted by Gasteiger charge is -2.60. The molecule has 34 heavy (non-hydrogen) atoms. The standard InChI is InChI=1S/C30H35N3O/c1-4-13-30(34)15-12-23-21-10-9-20-16-25-19(17-28(20,2)22(21)11-14-29(23,30)3)18-33-26-8-6-5-7-24(26)31-27(33)32-25/h5-8,18,20-23,34H,9-12,14-17H2,1-3H3/t20?,21?,22?,23?,28-,29-,30-/m0/s1. The van der Waals surface area contributed by atoms with Crippen LogP contribution >= 0.6 is 0 Å². The van der Waals surface area contributed by atoms with Gasteiger partial charge in [-0.3, -0.25) is 4.40 Å². The summed E-state index contributed by atoms with van der Waals surface area (Å²) in [7, 11) is 0. The number of aromatic nitrogens is 3. The van der Waals surface area contributed by atoms with Gasteiger partial charge in [-0.25, -0.2) is 9.97 Å². The van der Waals surface area contributed by atoms with E-state index in [-0.39, 0.29) is 5.41 Å². The predicted molar refractivity (Wildman–Crippen MR) is 134 cm³/mol. The summed E-state index contributed by atoms with van der Waals surface area (Å²) >= 11 is 0. The van der Waals surface area contributed by atoms with Gasteiger partial charge in [0.15, 0.2) is 0 Å². The normalized spacial score (nSPS) is 40.7. The van der Waals surface area contributed by atoms with Crippen molar-refractivity contribution in [1.82, 2.24) is 14.4 Å². The summed E-state index contributed by atoms with van der Waals surface area (Å²) in [5.41, 5.74) is 4.32. The highest BCUT2D eigenvalue weighted by Gasteiger charge is 2.64. The van der Waals surface area contributed by atoms with Gasteiger partial charge in [0.2, 0.25) is 5.78 Å². The second-order valence-corrected chi connectivity index (χ2v) is 12.3. The van der Waals surface area contributed by atoms with Crippen LogP contribution in [0.15, 0.2) is 30.5 Å². The molecule has 4 unspecified atom stereocenters. The zero-order chi connectivity index (χ0) is 23.3. The van der Waals surface area contributed by atoms with Gasteiger partial charge in [-0.2, -0.15) is 0 Å². The van der Waals surface area contributed by atoms with Crippen LogP contribution in [0, 0.1) is 46.3 Å². The molecular weight excluding hydrogens is 418 g/mol. The van der Waals surface area contributed by atoms with Crippen molar-refractivity contribution in [1.29, 1.82) is 0 Å². The number of hydrogen-bond acceptors (Lipinski definition) is 3. The summed E-state index contributed by atoms with van der Waals surface area (Å²) < 4.78 is 2.20. The first-order chi connectivity index (χ1) is 16.4. The Morgan fingerprint density at radius 2 is 1.85 bits per heavy atom. The van der Waals surface area contributed by atoms with Crippen LogP contribution < -0.4 is 0 Å². The minimum absolute atomic E-state index is 0.0591. The number of aliphatic hydroxyl groups is 1. The molecular formula is C30H35N3O. The fourth-order valence-electron chi connectivity index (χ4n) is 9.20. The van der Waals surface area contributed by atoms with Gasteiger partial charge in [-0.05, 0) is 105 Å². The molecule has 4 heteroatoms. The second kappa shape index (κ2) is 6.85. The number of rotatable bonds is 0. The highest BCUT2D eigenvalue weighted by Crippen LogP contribution is 2.67. The largest absolute Gasteiger partial charge is 0.377 e. The van der Waals surface area contributed by atoms with Crippen LogP contribution in [0.5, 0.6) is 0 Å². The van der Waals surface area contributed by atoms with E-state index in [9.17, 15) is 5.11 Å². The van der Waals surface area contributed by atoms with E-state index >= 15 is 0 Å². The molecule has 7 atom stereocenters. The van der Waals surface area contributed by atoms with Crippen molar-refractivity contribution in [3.05, 3.63) is 41.7 Å². The molecule has 3 fully saturated rings. The van der Waals surface area contributed by atoms with Gasteiger partial charge in [-0.15, -0.1) is 5.92 Å². The van der Waals surface area contributed by atoms with Crippen LogP contribution in [0.2, 0.25) is 0 Å². The van der Waals surface area contributed by atoms with Crippen LogP contribution in [-0.4, -0.2) is 25.1 Å². The molecule has 1 N–H and O–H groups in total. The smallest absolute Gasteiger partial charge is 0.235 e. The minimum Gasteiger partial charge on any atom is -0.377 e. The van der Waals surface area contributed by atoms with Crippen molar-refractivity contribution < 1.29 is 5.11 Å². The monoisotopic (exact) mass is 453 g/mol. The fraction of sp³-hybridized carbons (Fsp3) is 0.600. The minimum atomic E-state index is -0.799. The first-order valence-electron chi connectivity index (χ1n) is 13.3. The third-order valence-corrected chi connectivity index (χ3v) is 11.0. The van der Waals surface area contributed by atoms with E-state index in [4.69, 9.17) is 9.97 Å². The summed E-state index contributed by atoms with van der Waals surface area (Å²) in [6.07, 6.45) is 11.4. The Morgan fingerprint density at radius 1 is 1.03 bits per heavy atom. The molecule has 2 heterocycles. The topological polar surface area (TPSA) is 50.4 Å². The number of imidazole rings is 1. The van der Waals surface area contributed by atoms with Gasteiger partial charge in [0.1, 0.15) is 5.60 Å². The van der Waals surface area contributed by atoms with E-state index in [1.165, 1.54) is 30.5 Å². The van der Waals surface area contributed by atoms with Gasteiger partial charge in [0, 0.05) is 17.3 Å². The Balaban J connectivity index is 1.27. The molecule has 0 aliphatic heterocycles. The Kier molecular flexibility index (Phi) is 4.22. The lowest BCUT2D eigenvalue weighted by atomic mass is 9.44. The average Bonchev–Trinajstić information content (AvgIpc) is 3.30. The van der Waals surface area contributed by atoms with Crippen LogP contribution in [0.1, 0.15) is 70.6 Å². The lowest BCUT2D eigenvalue weighted by molar-refractivity contribution is -0.127. The zero-order valence-electron chi connectivity index (χ0n) is 20.6. The summed E-state index contributed by atoms with van der Waals surface area (Å²) in [5, 5.41) is 11.5. The summed E-state index contributed by atoms with van der Waals surface area (Å²) in [5.74, 6) is 9.87. The van der Waals surface area contributed by atoms with Crippen molar-refractivity contribution in [2.75, 3.05) is 0 Å². The van der Waals surface area contributed by atoms with Crippen molar-refractivity contribution in [2.24, 2.45) is 34.5 Å². The van der Waals surface area contributed by atoms with E-state index in [1.54, 1.807) is 0 Å². The van der Waals surface area contributed by atoms with Crippen molar-refractivity contribution in [3.63, 3.8) is 0 Å². The molecule has 7 rings (SSSR count). The Bertz CT molecular complexity index is 1380. The summed E-state index contributed by atoms with van der Waals surface area (Å²) in [6.45, 7) is 6.81. The molecule has 1 aromatic carbocycles. The molecule has 0 spiro atoms. The average molecular weight is 454 g/mol. The van der Waals surface area contributed by atoms with Gasteiger partial charge < -0.3 is 5.11 Å². The second-order valence-electron chi connectivity index (χ2n) is 12.3. The molecule has 0 amide bonds. The van der Waals surface area contributed by atoms with E-state index < -0.39 is 5.60 Å². The highest BCUT2D eigenvalue weighted by atomic mass is 16.3. The highest BCUT2D eigenvalue weighted by molar-refractivity contribution is 5.79. The number of hydrogen-bond donors (Lipinski definition) is 1. The SMILES string of the molecule is CC#C[C@]1(O)CCC2C3CCC4Cc5nc6nc7ccccc7n6cc5C[C@]4(C)C3CC[C@@]21C. The number of nitrogens with zero attached hydrogens (tertiary/aromatic N) is 3.